The number of rotatable bonds is 6. The molecule has 0 bridgehead atoms. The summed E-state index contributed by atoms with van der Waals surface area (Å²) in [5, 5.41) is 0. The van der Waals surface area contributed by atoms with Gasteiger partial charge in [-0.2, -0.15) is 0 Å². The molecule has 0 aliphatic carbocycles. The zero-order valence-electron chi connectivity index (χ0n) is 23.6. The zero-order valence-corrected chi connectivity index (χ0v) is 23.6. The molecule has 0 radical (unpaired) electrons. The van der Waals surface area contributed by atoms with Crippen molar-refractivity contribution in [2.24, 2.45) is 0 Å². The van der Waals surface area contributed by atoms with E-state index in [1.54, 1.807) is 48.5 Å². The first-order valence-electron chi connectivity index (χ1n) is 13.3. The van der Waals surface area contributed by atoms with Crippen molar-refractivity contribution in [2.75, 3.05) is 22.9 Å². The highest BCUT2D eigenvalue weighted by molar-refractivity contribution is 6.31. The van der Waals surface area contributed by atoms with Gasteiger partial charge in [-0.3, -0.25) is 9.97 Å². The van der Waals surface area contributed by atoms with Crippen molar-refractivity contribution in [3.8, 4) is 56.5 Å². The number of aromatic nitrogens is 8. The fraction of sp³-hybridized carbons (Fsp3) is 0. The van der Waals surface area contributed by atoms with Crippen molar-refractivity contribution in [2.45, 2.75) is 0 Å². The molecule has 6 aromatic rings. The van der Waals surface area contributed by atoms with E-state index in [1.807, 2.05) is 0 Å². The molecule has 6 heterocycles. The number of anilines is 4. The third-order valence-electron chi connectivity index (χ3n) is 6.36. The highest BCUT2D eigenvalue weighted by atomic mass is 16.6. The number of esters is 2. The molecule has 0 spiro atoms. The molecule has 46 heavy (non-hydrogen) atoms. The SMILES string of the molecule is Nc1cc(-c2cc(-c3ccnc(N)n3)c(OC(=O)C(=O)Oc3cnc(-c4ccnc(N)c4)cc3-c3ccnc(N)n3)cn2)ccn1. The van der Waals surface area contributed by atoms with Crippen LogP contribution in [0.25, 0.3) is 45.0 Å². The smallest absolute Gasteiger partial charge is 0.416 e. The van der Waals surface area contributed by atoms with E-state index in [1.165, 1.54) is 37.2 Å². The second kappa shape index (κ2) is 12.3. The fourth-order valence-corrected chi connectivity index (χ4v) is 4.31. The lowest BCUT2D eigenvalue weighted by atomic mass is 10.1. The molecule has 0 unspecified atom stereocenters. The number of pyridine rings is 4. The summed E-state index contributed by atoms with van der Waals surface area (Å²) >= 11 is 0. The Morgan fingerprint density at radius 1 is 0.500 bits per heavy atom. The second-order valence-electron chi connectivity index (χ2n) is 9.45. The average Bonchev–Trinajstić information content (AvgIpc) is 3.05. The maximum absolute atomic E-state index is 13.1. The van der Waals surface area contributed by atoms with Crippen molar-refractivity contribution >= 4 is 35.5 Å². The number of carbonyl (C=O) groups excluding carboxylic acids is 2. The average molecular weight is 615 g/mol. The number of nitrogen functional groups attached to an aromatic ring is 4. The molecule has 16 nitrogen and oxygen atoms in total. The van der Waals surface area contributed by atoms with E-state index in [2.05, 4.69) is 39.9 Å². The van der Waals surface area contributed by atoms with Gasteiger partial charge in [0.25, 0.3) is 0 Å². The van der Waals surface area contributed by atoms with Crippen LogP contribution in [0.3, 0.4) is 0 Å². The normalized spacial score (nSPS) is 10.7. The number of hydrogen-bond acceptors (Lipinski definition) is 16. The van der Waals surface area contributed by atoms with Gasteiger partial charge in [0.2, 0.25) is 11.9 Å². The molecule has 6 aromatic heterocycles. The highest BCUT2D eigenvalue weighted by Gasteiger charge is 2.25. The van der Waals surface area contributed by atoms with Gasteiger partial charge in [0.15, 0.2) is 11.5 Å². The number of ether oxygens (including phenoxy) is 2. The van der Waals surface area contributed by atoms with E-state index in [0.717, 1.165) is 0 Å². The molecule has 226 valence electrons. The quantitative estimate of drug-likeness (QED) is 0.155. The van der Waals surface area contributed by atoms with Crippen LogP contribution in [0.4, 0.5) is 23.5 Å². The van der Waals surface area contributed by atoms with Crippen LogP contribution in [0.2, 0.25) is 0 Å². The van der Waals surface area contributed by atoms with Crippen LogP contribution >= 0.6 is 0 Å². The Bertz CT molecular complexity index is 1970. The van der Waals surface area contributed by atoms with E-state index >= 15 is 0 Å². The first kappa shape index (κ1) is 29.0. The van der Waals surface area contributed by atoms with Crippen molar-refractivity contribution in [1.29, 1.82) is 0 Å². The molecule has 16 heteroatoms. The predicted molar refractivity (Wildman–Crippen MR) is 166 cm³/mol. The summed E-state index contributed by atoms with van der Waals surface area (Å²) in [7, 11) is 0. The topological polar surface area (TPSA) is 260 Å². The van der Waals surface area contributed by atoms with Gasteiger partial charge in [0, 0.05) is 47.0 Å². The van der Waals surface area contributed by atoms with Gasteiger partial charge in [0.1, 0.15) is 11.6 Å². The number of nitrogens with zero attached hydrogens (tertiary/aromatic N) is 8. The lowest BCUT2D eigenvalue weighted by molar-refractivity contribution is -0.156. The van der Waals surface area contributed by atoms with Gasteiger partial charge in [-0.05, 0) is 48.5 Å². The van der Waals surface area contributed by atoms with Crippen LogP contribution in [0.5, 0.6) is 11.5 Å². The molecule has 6 rings (SSSR count). The van der Waals surface area contributed by atoms with Crippen LogP contribution in [-0.2, 0) is 9.59 Å². The minimum atomic E-state index is -1.36. The van der Waals surface area contributed by atoms with Gasteiger partial charge in [-0.1, -0.05) is 0 Å². The number of hydrogen-bond donors (Lipinski definition) is 4. The predicted octanol–water partition coefficient (Wildman–Crippen LogP) is 2.35. The summed E-state index contributed by atoms with van der Waals surface area (Å²) in [4.78, 5) is 59.2. The van der Waals surface area contributed by atoms with Crippen molar-refractivity contribution in [1.82, 2.24) is 39.9 Å². The summed E-state index contributed by atoms with van der Waals surface area (Å²) in [6.45, 7) is 0. The number of carbonyl (C=O) groups is 2. The van der Waals surface area contributed by atoms with E-state index in [0.29, 0.717) is 33.9 Å². The lowest BCUT2D eigenvalue weighted by Gasteiger charge is -2.13. The van der Waals surface area contributed by atoms with Gasteiger partial charge in [-0.25, -0.2) is 39.5 Å². The monoisotopic (exact) mass is 614 g/mol. The molecule has 0 atom stereocenters. The van der Waals surface area contributed by atoms with Gasteiger partial charge in [0.05, 0.1) is 35.2 Å². The van der Waals surface area contributed by atoms with Crippen molar-refractivity contribution in [3.05, 3.63) is 85.7 Å². The Hall–Kier alpha value is -7.10. The maximum atomic E-state index is 13.1. The number of nitrogens with two attached hydrogens (primary N) is 4. The summed E-state index contributed by atoms with van der Waals surface area (Å²) in [6, 6.07) is 12.9. The van der Waals surface area contributed by atoms with Gasteiger partial charge < -0.3 is 32.4 Å². The van der Waals surface area contributed by atoms with Gasteiger partial charge in [-0.15, -0.1) is 0 Å². The standard InChI is InChI=1S/C30H22N12O4/c31-25-9-15(1-5-35-25)21-11-17(19-3-7-37-29(33)41-19)23(13-39-21)45-27(43)28(44)46-24-14-40-22(16-2-6-36-26(32)10-16)12-18(24)20-4-8-38-30(34)42-20/h1-14H,(H2,31,35)(H2,32,36)(H2,33,37,41)(H2,34,38,42). The minimum Gasteiger partial charge on any atom is -0.416 e. The van der Waals surface area contributed by atoms with Gasteiger partial charge >= 0.3 is 11.9 Å². The molecule has 0 saturated carbocycles. The minimum absolute atomic E-state index is 0.0241. The molecule has 0 aromatic carbocycles. The largest absolute Gasteiger partial charge is 0.423 e. The van der Waals surface area contributed by atoms with E-state index in [-0.39, 0.29) is 46.2 Å². The lowest BCUT2D eigenvalue weighted by Crippen LogP contribution is -2.26. The summed E-state index contributed by atoms with van der Waals surface area (Å²) < 4.78 is 10.9. The second-order valence-corrected chi connectivity index (χ2v) is 9.45. The molecule has 0 aliphatic rings. The molecule has 0 saturated heterocycles. The third kappa shape index (κ3) is 6.30. The Morgan fingerprint density at radius 3 is 1.30 bits per heavy atom. The Morgan fingerprint density at radius 2 is 0.913 bits per heavy atom. The van der Waals surface area contributed by atoms with Crippen molar-refractivity contribution in [3.63, 3.8) is 0 Å². The Balaban J connectivity index is 1.32. The summed E-state index contributed by atoms with van der Waals surface area (Å²) in [5.74, 6) is -2.40. The Kier molecular flexibility index (Phi) is 7.72. The van der Waals surface area contributed by atoms with Crippen LogP contribution in [0.1, 0.15) is 0 Å². The fourth-order valence-electron chi connectivity index (χ4n) is 4.31. The van der Waals surface area contributed by atoms with E-state index in [4.69, 9.17) is 32.4 Å². The van der Waals surface area contributed by atoms with Crippen LogP contribution in [0.15, 0.2) is 85.7 Å². The van der Waals surface area contributed by atoms with E-state index in [9.17, 15) is 9.59 Å². The first-order valence-corrected chi connectivity index (χ1v) is 13.3. The molecule has 0 aliphatic heterocycles. The Labute approximate surface area is 259 Å². The van der Waals surface area contributed by atoms with Crippen LogP contribution < -0.4 is 32.4 Å². The van der Waals surface area contributed by atoms with E-state index < -0.39 is 11.9 Å². The molecular weight excluding hydrogens is 592 g/mol. The summed E-state index contributed by atoms with van der Waals surface area (Å²) in [5.41, 5.74) is 26.6. The molecule has 0 amide bonds. The van der Waals surface area contributed by atoms with Crippen molar-refractivity contribution < 1.29 is 19.1 Å². The van der Waals surface area contributed by atoms with Crippen LogP contribution in [0, 0.1) is 0 Å². The van der Waals surface area contributed by atoms with Crippen LogP contribution in [-0.4, -0.2) is 51.8 Å². The maximum Gasteiger partial charge on any atom is 0.423 e. The molecule has 8 N–H and O–H groups in total. The summed E-state index contributed by atoms with van der Waals surface area (Å²) in [6.07, 6.45) is 8.43. The first-order chi connectivity index (χ1) is 22.2. The zero-order chi connectivity index (χ0) is 32.2. The molecule has 0 fully saturated rings. The molecular formula is C30H22N12O4. The third-order valence-corrected chi connectivity index (χ3v) is 6.36. The highest BCUT2D eigenvalue weighted by Crippen LogP contribution is 2.34.